The van der Waals surface area contributed by atoms with E-state index >= 15 is 0 Å². The van der Waals surface area contributed by atoms with Gasteiger partial charge in [0.25, 0.3) is 0 Å². The molecule has 0 amide bonds. The number of fused-ring (bicyclic) bond motifs is 1. The van der Waals surface area contributed by atoms with Crippen molar-refractivity contribution in [2.24, 2.45) is 0 Å². The van der Waals surface area contributed by atoms with Crippen molar-refractivity contribution in [3.8, 4) is 5.75 Å². The number of nitrogens with two attached hydrogens (primary N) is 1. The molecule has 5 heteroatoms. The van der Waals surface area contributed by atoms with Gasteiger partial charge in [0.05, 0.1) is 18.2 Å². The largest absolute Gasteiger partial charge is 0.496 e. The van der Waals surface area contributed by atoms with Gasteiger partial charge in [0.2, 0.25) is 0 Å². The highest BCUT2D eigenvalue weighted by atomic mass is 35.5. The van der Waals surface area contributed by atoms with Crippen LogP contribution in [0.15, 0.2) is 36.4 Å². The van der Waals surface area contributed by atoms with Gasteiger partial charge in [-0.15, -0.1) is 0 Å². The lowest BCUT2D eigenvalue weighted by Crippen LogP contribution is -2.02. The molecule has 102 valence electrons. The molecule has 1 aliphatic rings. The van der Waals surface area contributed by atoms with Gasteiger partial charge in [0.1, 0.15) is 5.75 Å². The molecule has 1 atom stereocenters. The predicted molar refractivity (Wildman–Crippen MR) is 76.1 cm³/mol. The predicted octanol–water partition coefficient (Wildman–Crippen LogP) is 3.19. The zero-order chi connectivity index (χ0) is 14.3. The highest BCUT2D eigenvalue weighted by Gasteiger charge is 2.37. The fraction of sp³-hybridized carbons (Fsp3) is 0.133. The molecular weight excluding hydrogens is 278 g/mol. The van der Waals surface area contributed by atoms with Crippen LogP contribution in [-0.4, -0.2) is 13.1 Å². The molecule has 1 aliphatic heterocycles. The van der Waals surface area contributed by atoms with Crippen molar-refractivity contribution in [3.05, 3.63) is 58.1 Å². The summed E-state index contributed by atoms with van der Waals surface area (Å²) in [5, 5.41) is 0.623. The van der Waals surface area contributed by atoms with Crippen molar-refractivity contribution in [2.45, 2.75) is 6.10 Å². The van der Waals surface area contributed by atoms with Crippen LogP contribution in [0.2, 0.25) is 5.02 Å². The number of hydrogen-bond acceptors (Lipinski definition) is 4. The van der Waals surface area contributed by atoms with Crippen LogP contribution in [-0.2, 0) is 4.74 Å². The Labute approximate surface area is 121 Å². The maximum atomic E-state index is 12.0. The number of esters is 1. The topological polar surface area (TPSA) is 61.6 Å². The third-order valence-corrected chi connectivity index (χ3v) is 3.57. The molecule has 0 bridgehead atoms. The molecule has 0 radical (unpaired) electrons. The molecule has 0 saturated heterocycles. The summed E-state index contributed by atoms with van der Waals surface area (Å²) >= 11 is 5.88. The minimum Gasteiger partial charge on any atom is -0.496 e. The lowest BCUT2D eigenvalue weighted by atomic mass is 9.97. The van der Waals surface area contributed by atoms with Crippen LogP contribution in [0.5, 0.6) is 5.75 Å². The molecule has 4 nitrogen and oxygen atoms in total. The quantitative estimate of drug-likeness (QED) is 0.681. The summed E-state index contributed by atoms with van der Waals surface area (Å²) < 4.78 is 10.8. The van der Waals surface area contributed by atoms with Crippen molar-refractivity contribution in [1.29, 1.82) is 0 Å². The number of carbonyl (C=O) groups excluding carboxylic acids is 1. The highest BCUT2D eigenvalue weighted by molar-refractivity contribution is 6.30. The number of methoxy groups -OCH3 is 1. The van der Waals surface area contributed by atoms with E-state index in [1.165, 1.54) is 0 Å². The van der Waals surface area contributed by atoms with Gasteiger partial charge < -0.3 is 15.2 Å². The summed E-state index contributed by atoms with van der Waals surface area (Å²) in [6, 6.07) is 10.5. The number of carbonyl (C=O) groups is 1. The van der Waals surface area contributed by atoms with Crippen molar-refractivity contribution < 1.29 is 14.3 Å². The van der Waals surface area contributed by atoms with Crippen molar-refractivity contribution in [2.75, 3.05) is 12.8 Å². The van der Waals surface area contributed by atoms with Gasteiger partial charge in [-0.25, -0.2) is 4.79 Å². The number of rotatable bonds is 2. The number of cyclic esters (lactones) is 1. The Morgan fingerprint density at radius 1 is 1.20 bits per heavy atom. The number of halogens is 1. The lowest BCUT2D eigenvalue weighted by molar-refractivity contribution is 0.0455. The van der Waals surface area contributed by atoms with E-state index in [-0.39, 0.29) is 0 Å². The van der Waals surface area contributed by atoms with E-state index in [4.69, 9.17) is 26.8 Å². The summed E-state index contributed by atoms with van der Waals surface area (Å²) in [6.45, 7) is 0. The summed E-state index contributed by atoms with van der Waals surface area (Å²) in [7, 11) is 1.55. The molecule has 0 fully saturated rings. The van der Waals surface area contributed by atoms with Gasteiger partial charge in [-0.3, -0.25) is 0 Å². The van der Waals surface area contributed by atoms with E-state index in [0.29, 0.717) is 27.6 Å². The zero-order valence-electron chi connectivity index (χ0n) is 10.7. The Hall–Kier alpha value is -2.20. The first kappa shape index (κ1) is 12.8. The van der Waals surface area contributed by atoms with Crippen molar-refractivity contribution in [3.63, 3.8) is 0 Å². The summed E-state index contributed by atoms with van der Waals surface area (Å²) in [4.78, 5) is 12.0. The molecule has 0 spiro atoms. The van der Waals surface area contributed by atoms with E-state index in [2.05, 4.69) is 0 Å². The van der Waals surface area contributed by atoms with Crippen LogP contribution in [0, 0.1) is 0 Å². The maximum Gasteiger partial charge on any atom is 0.341 e. The smallest absolute Gasteiger partial charge is 0.341 e. The van der Waals surface area contributed by atoms with E-state index in [9.17, 15) is 4.79 Å². The van der Waals surface area contributed by atoms with E-state index < -0.39 is 12.1 Å². The monoisotopic (exact) mass is 289 g/mol. The molecule has 1 unspecified atom stereocenters. The van der Waals surface area contributed by atoms with Crippen molar-refractivity contribution >= 4 is 23.3 Å². The number of nitrogen functional groups attached to an aromatic ring is 1. The molecule has 1 heterocycles. The fourth-order valence-electron chi connectivity index (χ4n) is 2.38. The third-order valence-electron chi connectivity index (χ3n) is 3.32. The number of hydrogen-bond donors (Lipinski definition) is 1. The van der Waals surface area contributed by atoms with Crippen LogP contribution >= 0.6 is 11.6 Å². The Bertz CT molecular complexity index is 682. The van der Waals surface area contributed by atoms with Gasteiger partial charge in [-0.05, 0) is 29.8 Å². The number of ether oxygens (including phenoxy) is 2. The molecule has 0 aromatic heterocycles. The molecule has 0 saturated carbocycles. The fourth-order valence-corrected chi connectivity index (χ4v) is 2.51. The first-order chi connectivity index (χ1) is 9.61. The summed E-state index contributed by atoms with van der Waals surface area (Å²) in [5.41, 5.74) is 8.13. The van der Waals surface area contributed by atoms with E-state index in [1.807, 2.05) is 12.1 Å². The first-order valence-corrected chi connectivity index (χ1v) is 6.42. The van der Waals surface area contributed by atoms with Gasteiger partial charge in [0.15, 0.2) is 6.10 Å². The summed E-state index contributed by atoms with van der Waals surface area (Å²) in [6.07, 6.45) is -0.520. The number of anilines is 1. The molecular formula is C15H12ClNO3. The second-order valence-corrected chi connectivity index (χ2v) is 4.92. The average molecular weight is 290 g/mol. The molecule has 0 aliphatic carbocycles. The van der Waals surface area contributed by atoms with Gasteiger partial charge in [0, 0.05) is 10.7 Å². The van der Waals surface area contributed by atoms with Crippen LogP contribution in [0.4, 0.5) is 5.69 Å². The minimum absolute atomic E-state index is 0.379. The third kappa shape index (κ3) is 1.89. The number of benzene rings is 2. The summed E-state index contributed by atoms with van der Waals surface area (Å²) in [5.74, 6) is 0.149. The Morgan fingerprint density at radius 3 is 2.55 bits per heavy atom. The molecule has 2 N–H and O–H groups in total. The highest BCUT2D eigenvalue weighted by Crippen LogP contribution is 2.43. The lowest BCUT2D eigenvalue weighted by Gasteiger charge is -2.14. The molecule has 3 rings (SSSR count). The molecule has 20 heavy (non-hydrogen) atoms. The van der Waals surface area contributed by atoms with E-state index in [0.717, 1.165) is 5.56 Å². The Kier molecular flexibility index (Phi) is 3.03. The second-order valence-electron chi connectivity index (χ2n) is 4.48. The molecule has 2 aromatic carbocycles. The normalized spacial score (nSPS) is 16.7. The SMILES string of the molecule is COc1ccc(N)c2c1C(c1ccc(Cl)cc1)OC2=O. The van der Waals surface area contributed by atoms with E-state index in [1.54, 1.807) is 31.4 Å². The minimum atomic E-state index is -0.520. The standard InChI is InChI=1S/C15H12ClNO3/c1-19-11-7-6-10(17)12-13(11)14(20-15(12)18)8-2-4-9(16)5-3-8/h2-7,14H,17H2,1H3. The van der Waals surface area contributed by atoms with Crippen LogP contribution in [0.25, 0.3) is 0 Å². The molecule has 2 aromatic rings. The first-order valence-electron chi connectivity index (χ1n) is 6.04. The van der Waals surface area contributed by atoms with Crippen LogP contribution in [0.1, 0.15) is 27.6 Å². The van der Waals surface area contributed by atoms with Crippen LogP contribution in [0.3, 0.4) is 0 Å². The van der Waals surface area contributed by atoms with Crippen LogP contribution < -0.4 is 10.5 Å². The Morgan fingerprint density at radius 2 is 1.90 bits per heavy atom. The maximum absolute atomic E-state index is 12.0. The zero-order valence-corrected chi connectivity index (χ0v) is 11.5. The average Bonchev–Trinajstić information content (AvgIpc) is 2.79. The van der Waals surface area contributed by atoms with Gasteiger partial charge in [-0.2, -0.15) is 0 Å². The van der Waals surface area contributed by atoms with Crippen molar-refractivity contribution in [1.82, 2.24) is 0 Å². The van der Waals surface area contributed by atoms with Gasteiger partial charge >= 0.3 is 5.97 Å². The van der Waals surface area contributed by atoms with Gasteiger partial charge in [-0.1, -0.05) is 23.7 Å². The second kappa shape index (κ2) is 4.72. The Balaban J connectivity index is 2.17.